The first kappa shape index (κ1) is 15.9. The van der Waals surface area contributed by atoms with E-state index in [1.807, 2.05) is 39.0 Å². The van der Waals surface area contributed by atoms with Crippen LogP contribution in [0.25, 0.3) is 0 Å². The fraction of sp³-hybridized carbons (Fsp3) is 0.588. The van der Waals surface area contributed by atoms with E-state index in [0.29, 0.717) is 6.04 Å². The van der Waals surface area contributed by atoms with Crippen molar-refractivity contribution < 1.29 is 4.79 Å². The summed E-state index contributed by atoms with van der Waals surface area (Å²) in [4.78, 5) is 12.7. The van der Waals surface area contributed by atoms with Crippen LogP contribution in [-0.4, -0.2) is 17.9 Å². The highest BCUT2D eigenvalue weighted by molar-refractivity contribution is 5.89. The molecule has 0 heterocycles. The normalized spacial score (nSPS) is 15.3. The van der Waals surface area contributed by atoms with Crippen LogP contribution in [-0.2, 0) is 4.79 Å². The molecule has 2 nitrogen and oxygen atoms in total. The van der Waals surface area contributed by atoms with E-state index in [2.05, 4.69) is 38.2 Å². The minimum absolute atomic E-state index is 0.137. The van der Waals surface area contributed by atoms with Gasteiger partial charge in [0.25, 0.3) is 0 Å². The molecule has 0 aliphatic heterocycles. The quantitative estimate of drug-likeness (QED) is 0.874. The summed E-state index contributed by atoms with van der Waals surface area (Å²) in [5.41, 5.74) is 0.883. The number of hydrogen-bond donors (Lipinski definition) is 1. The van der Waals surface area contributed by atoms with Gasteiger partial charge < -0.3 is 5.32 Å². The number of benzene rings is 1. The lowest BCUT2D eigenvalue weighted by atomic mass is 9.79. The van der Waals surface area contributed by atoms with Crippen molar-refractivity contribution in [3.8, 4) is 0 Å². The van der Waals surface area contributed by atoms with Gasteiger partial charge in [-0.3, -0.25) is 4.79 Å². The number of nitrogens with one attached hydrogen (secondary N) is 1. The van der Waals surface area contributed by atoms with Gasteiger partial charge in [0.05, 0.1) is 6.04 Å². The van der Waals surface area contributed by atoms with Crippen LogP contribution in [0.5, 0.6) is 0 Å². The summed E-state index contributed by atoms with van der Waals surface area (Å²) in [5, 5.41) is 3.43. The Morgan fingerprint density at radius 1 is 1.05 bits per heavy atom. The van der Waals surface area contributed by atoms with Crippen molar-refractivity contribution in [1.29, 1.82) is 0 Å². The molecule has 0 amide bonds. The van der Waals surface area contributed by atoms with E-state index in [1.165, 1.54) is 5.56 Å². The van der Waals surface area contributed by atoms with Crippen LogP contribution in [0.3, 0.4) is 0 Å². The lowest BCUT2D eigenvalue weighted by molar-refractivity contribution is -0.129. The van der Waals surface area contributed by atoms with Gasteiger partial charge in [0.15, 0.2) is 5.78 Å². The molecule has 0 aliphatic carbocycles. The van der Waals surface area contributed by atoms with Crippen molar-refractivity contribution in [1.82, 2.24) is 5.32 Å². The molecule has 1 aromatic rings. The van der Waals surface area contributed by atoms with Gasteiger partial charge in [-0.1, -0.05) is 71.9 Å². The van der Waals surface area contributed by atoms with E-state index < -0.39 is 0 Å². The summed E-state index contributed by atoms with van der Waals surface area (Å²) in [7, 11) is 0. The number of carbonyl (C=O) groups is 1. The molecular formula is C17H27NO. The lowest BCUT2D eigenvalue weighted by Gasteiger charge is -2.31. The van der Waals surface area contributed by atoms with Gasteiger partial charge in [0, 0.05) is 17.4 Å². The molecule has 0 aromatic heterocycles. The van der Waals surface area contributed by atoms with E-state index in [-0.39, 0.29) is 23.2 Å². The molecule has 0 saturated heterocycles. The molecule has 1 N–H and O–H groups in total. The average molecular weight is 261 g/mol. The number of ketones is 1. The maximum atomic E-state index is 12.7. The standard InChI is InChI=1S/C17H27NO/c1-12(2)18-15(16(19)17(4,5)6)13(3)14-10-8-7-9-11-14/h7-13,15,18H,1-6H3/t13-,15+/m1/s1. The Balaban J connectivity index is 3.01. The summed E-state index contributed by atoms with van der Waals surface area (Å²) in [6.45, 7) is 12.3. The summed E-state index contributed by atoms with van der Waals surface area (Å²) >= 11 is 0. The minimum Gasteiger partial charge on any atom is -0.305 e. The second-order valence-electron chi connectivity index (χ2n) is 6.61. The van der Waals surface area contributed by atoms with E-state index in [1.54, 1.807) is 0 Å². The average Bonchev–Trinajstić information content (AvgIpc) is 2.34. The molecule has 0 saturated carbocycles. The fourth-order valence-corrected chi connectivity index (χ4v) is 2.22. The van der Waals surface area contributed by atoms with Gasteiger partial charge in [-0.2, -0.15) is 0 Å². The Bertz CT molecular complexity index is 403. The molecule has 0 spiro atoms. The molecule has 1 rings (SSSR count). The molecule has 1 aromatic carbocycles. The van der Waals surface area contributed by atoms with E-state index in [4.69, 9.17) is 0 Å². The predicted octanol–water partition coefficient (Wildman–Crippen LogP) is 3.77. The molecule has 19 heavy (non-hydrogen) atoms. The zero-order valence-corrected chi connectivity index (χ0v) is 13.0. The number of hydrogen-bond acceptors (Lipinski definition) is 2. The van der Waals surface area contributed by atoms with Gasteiger partial charge in [-0.25, -0.2) is 0 Å². The smallest absolute Gasteiger partial charge is 0.155 e. The molecule has 106 valence electrons. The maximum Gasteiger partial charge on any atom is 0.155 e. The van der Waals surface area contributed by atoms with Gasteiger partial charge in [-0.15, -0.1) is 0 Å². The van der Waals surface area contributed by atoms with Crippen molar-refractivity contribution in [3.05, 3.63) is 35.9 Å². The third-order valence-corrected chi connectivity index (χ3v) is 3.36. The van der Waals surface area contributed by atoms with Crippen molar-refractivity contribution >= 4 is 5.78 Å². The topological polar surface area (TPSA) is 29.1 Å². The number of carbonyl (C=O) groups excluding carboxylic acids is 1. The molecule has 2 heteroatoms. The molecule has 0 unspecified atom stereocenters. The Kier molecular flexibility index (Phi) is 5.30. The summed E-state index contributed by atoms with van der Waals surface area (Å²) in [6, 6.07) is 10.4. The van der Waals surface area contributed by atoms with Crippen LogP contribution in [0.4, 0.5) is 0 Å². The van der Waals surface area contributed by atoms with Crippen LogP contribution in [0.1, 0.15) is 53.0 Å². The highest BCUT2D eigenvalue weighted by Gasteiger charge is 2.33. The van der Waals surface area contributed by atoms with Crippen molar-refractivity contribution in [2.45, 2.75) is 59.5 Å². The van der Waals surface area contributed by atoms with Gasteiger partial charge in [0.1, 0.15) is 0 Å². The minimum atomic E-state index is -0.324. The first-order chi connectivity index (χ1) is 8.73. The first-order valence-corrected chi connectivity index (χ1v) is 7.08. The zero-order chi connectivity index (χ0) is 14.6. The van der Waals surface area contributed by atoms with Crippen molar-refractivity contribution in [2.24, 2.45) is 5.41 Å². The monoisotopic (exact) mass is 261 g/mol. The SMILES string of the molecule is CC(C)N[C@H](C(=O)C(C)(C)C)[C@H](C)c1ccccc1. The Morgan fingerprint density at radius 2 is 1.58 bits per heavy atom. The summed E-state index contributed by atoms with van der Waals surface area (Å²) in [6.07, 6.45) is 0. The summed E-state index contributed by atoms with van der Waals surface area (Å²) in [5.74, 6) is 0.452. The van der Waals surface area contributed by atoms with Crippen LogP contribution < -0.4 is 5.32 Å². The Hall–Kier alpha value is -1.15. The Morgan fingerprint density at radius 3 is 2.00 bits per heavy atom. The largest absolute Gasteiger partial charge is 0.305 e. The Labute approximate surface area is 117 Å². The predicted molar refractivity (Wildman–Crippen MR) is 81.4 cm³/mol. The number of rotatable bonds is 5. The third-order valence-electron chi connectivity index (χ3n) is 3.36. The zero-order valence-electron chi connectivity index (χ0n) is 13.0. The van der Waals surface area contributed by atoms with E-state index >= 15 is 0 Å². The highest BCUT2D eigenvalue weighted by Crippen LogP contribution is 2.26. The van der Waals surface area contributed by atoms with Crippen LogP contribution in [0, 0.1) is 5.41 Å². The van der Waals surface area contributed by atoms with Crippen LogP contribution in [0.15, 0.2) is 30.3 Å². The van der Waals surface area contributed by atoms with E-state index in [0.717, 1.165) is 0 Å². The molecule has 0 aliphatic rings. The van der Waals surface area contributed by atoms with Crippen molar-refractivity contribution in [3.63, 3.8) is 0 Å². The highest BCUT2D eigenvalue weighted by atomic mass is 16.1. The molecule has 0 radical (unpaired) electrons. The van der Waals surface area contributed by atoms with Gasteiger partial charge >= 0.3 is 0 Å². The lowest BCUT2D eigenvalue weighted by Crippen LogP contribution is -2.48. The van der Waals surface area contributed by atoms with Gasteiger partial charge in [0.2, 0.25) is 0 Å². The van der Waals surface area contributed by atoms with Crippen molar-refractivity contribution in [2.75, 3.05) is 0 Å². The molecule has 2 atom stereocenters. The molecular weight excluding hydrogens is 234 g/mol. The fourth-order valence-electron chi connectivity index (χ4n) is 2.22. The molecule has 0 fully saturated rings. The molecule has 0 bridgehead atoms. The van der Waals surface area contributed by atoms with Crippen LogP contribution in [0.2, 0.25) is 0 Å². The first-order valence-electron chi connectivity index (χ1n) is 7.08. The van der Waals surface area contributed by atoms with Gasteiger partial charge in [-0.05, 0) is 5.56 Å². The third kappa shape index (κ3) is 4.46. The number of Topliss-reactive ketones (excluding diaryl/α,β-unsaturated/α-hetero) is 1. The second kappa shape index (κ2) is 6.33. The maximum absolute atomic E-state index is 12.7. The van der Waals surface area contributed by atoms with E-state index in [9.17, 15) is 4.79 Å². The summed E-state index contributed by atoms with van der Waals surface area (Å²) < 4.78 is 0. The van der Waals surface area contributed by atoms with Crippen LogP contribution >= 0.6 is 0 Å². The second-order valence-corrected chi connectivity index (χ2v) is 6.61.